The van der Waals surface area contributed by atoms with Gasteiger partial charge in [-0.1, -0.05) is 18.2 Å². The Morgan fingerprint density at radius 1 is 1.35 bits per heavy atom. The van der Waals surface area contributed by atoms with E-state index >= 15 is 0 Å². The third-order valence-electron chi connectivity index (χ3n) is 3.77. The minimum atomic E-state index is 0.508. The number of benzene rings is 1. The molecule has 5 heteroatoms. The average Bonchev–Trinajstić information content (AvgIpc) is 2.62. The fourth-order valence-corrected chi connectivity index (χ4v) is 2.83. The van der Waals surface area contributed by atoms with E-state index in [-0.39, 0.29) is 0 Å². The Labute approximate surface area is 118 Å². The van der Waals surface area contributed by atoms with Crippen molar-refractivity contribution in [3.8, 4) is 5.75 Å². The molecule has 20 heavy (non-hydrogen) atoms. The van der Waals surface area contributed by atoms with Crippen LogP contribution in [0.2, 0.25) is 0 Å². The Hall–Kier alpha value is -2.01. The summed E-state index contributed by atoms with van der Waals surface area (Å²) in [5.41, 5.74) is 9.22. The van der Waals surface area contributed by atoms with Crippen LogP contribution in [0.25, 0.3) is 0 Å². The van der Waals surface area contributed by atoms with Gasteiger partial charge in [0.1, 0.15) is 18.2 Å². The molecule has 3 rings (SSSR count). The summed E-state index contributed by atoms with van der Waals surface area (Å²) in [5, 5.41) is 4.50. The zero-order chi connectivity index (χ0) is 14.1. The molecule has 0 unspecified atom stereocenters. The molecule has 2 N–H and O–H groups in total. The lowest BCUT2D eigenvalue weighted by molar-refractivity contribution is 0.331. The fraction of sp³-hybridized carbons (Fsp3) is 0.400. The SMILES string of the molecule is Cc1nn(C)c(N2CCOc3ccccc3C2)c1CN. The second kappa shape index (κ2) is 5.17. The topological polar surface area (TPSA) is 56.3 Å². The Kier molecular flexibility index (Phi) is 3.36. The summed E-state index contributed by atoms with van der Waals surface area (Å²) in [7, 11) is 1.97. The summed E-state index contributed by atoms with van der Waals surface area (Å²) in [6, 6.07) is 8.19. The summed E-state index contributed by atoms with van der Waals surface area (Å²) >= 11 is 0. The molecule has 1 aliphatic heterocycles. The van der Waals surface area contributed by atoms with Crippen molar-refractivity contribution >= 4 is 5.82 Å². The smallest absolute Gasteiger partial charge is 0.131 e. The molecule has 0 saturated heterocycles. The molecular formula is C15H20N4O. The minimum Gasteiger partial charge on any atom is -0.491 e. The van der Waals surface area contributed by atoms with Crippen LogP contribution in [0.4, 0.5) is 5.82 Å². The van der Waals surface area contributed by atoms with E-state index in [4.69, 9.17) is 10.5 Å². The van der Waals surface area contributed by atoms with Gasteiger partial charge >= 0.3 is 0 Å². The van der Waals surface area contributed by atoms with Gasteiger partial charge in [0.25, 0.3) is 0 Å². The van der Waals surface area contributed by atoms with Crippen molar-refractivity contribution in [2.24, 2.45) is 12.8 Å². The lowest BCUT2D eigenvalue weighted by Gasteiger charge is -2.23. The van der Waals surface area contributed by atoms with E-state index in [2.05, 4.69) is 16.1 Å². The monoisotopic (exact) mass is 272 g/mol. The van der Waals surface area contributed by atoms with Crippen molar-refractivity contribution in [2.75, 3.05) is 18.1 Å². The van der Waals surface area contributed by atoms with Crippen molar-refractivity contribution < 1.29 is 4.74 Å². The predicted molar refractivity (Wildman–Crippen MR) is 78.8 cm³/mol. The molecule has 0 saturated carbocycles. The largest absolute Gasteiger partial charge is 0.491 e. The van der Waals surface area contributed by atoms with Gasteiger partial charge < -0.3 is 15.4 Å². The van der Waals surface area contributed by atoms with Crippen molar-refractivity contribution in [3.63, 3.8) is 0 Å². The molecule has 2 heterocycles. The maximum Gasteiger partial charge on any atom is 0.131 e. The number of ether oxygens (including phenoxy) is 1. The second-order valence-electron chi connectivity index (χ2n) is 5.09. The van der Waals surface area contributed by atoms with Gasteiger partial charge in [0.15, 0.2) is 0 Å². The Morgan fingerprint density at radius 3 is 2.95 bits per heavy atom. The molecule has 0 spiro atoms. The first-order chi connectivity index (χ1) is 9.70. The second-order valence-corrected chi connectivity index (χ2v) is 5.09. The van der Waals surface area contributed by atoms with E-state index in [0.29, 0.717) is 13.2 Å². The fourth-order valence-electron chi connectivity index (χ4n) is 2.83. The molecule has 1 aromatic carbocycles. The third-order valence-corrected chi connectivity index (χ3v) is 3.77. The molecule has 2 aromatic rings. The van der Waals surface area contributed by atoms with E-state index in [0.717, 1.165) is 35.9 Å². The van der Waals surface area contributed by atoms with E-state index in [1.807, 2.05) is 36.9 Å². The molecule has 1 aliphatic rings. The Balaban J connectivity index is 1.99. The number of aryl methyl sites for hydroxylation is 2. The summed E-state index contributed by atoms with van der Waals surface area (Å²) in [6.45, 7) is 4.84. The lowest BCUT2D eigenvalue weighted by Crippen LogP contribution is -2.28. The number of nitrogens with zero attached hydrogens (tertiary/aromatic N) is 3. The van der Waals surface area contributed by atoms with Crippen LogP contribution in [0.15, 0.2) is 24.3 Å². The number of anilines is 1. The number of para-hydroxylation sites is 1. The highest BCUT2D eigenvalue weighted by atomic mass is 16.5. The summed E-state index contributed by atoms with van der Waals surface area (Å²) in [6.07, 6.45) is 0. The van der Waals surface area contributed by atoms with Crippen LogP contribution in [-0.2, 0) is 20.1 Å². The summed E-state index contributed by atoms with van der Waals surface area (Å²) in [5.74, 6) is 2.08. The zero-order valence-electron chi connectivity index (χ0n) is 12.0. The first-order valence-electron chi connectivity index (χ1n) is 6.89. The molecule has 0 aliphatic carbocycles. The number of hydrogen-bond acceptors (Lipinski definition) is 4. The zero-order valence-corrected chi connectivity index (χ0v) is 12.0. The first kappa shape index (κ1) is 13.0. The van der Waals surface area contributed by atoms with E-state index in [1.165, 1.54) is 5.56 Å². The average molecular weight is 272 g/mol. The van der Waals surface area contributed by atoms with Crippen LogP contribution in [-0.4, -0.2) is 22.9 Å². The predicted octanol–water partition coefficient (Wildman–Crippen LogP) is 1.59. The molecule has 0 fully saturated rings. The van der Waals surface area contributed by atoms with Crippen molar-refractivity contribution in [3.05, 3.63) is 41.1 Å². The maximum atomic E-state index is 5.89. The number of nitrogens with two attached hydrogens (primary N) is 1. The minimum absolute atomic E-state index is 0.508. The molecule has 1 aromatic heterocycles. The third kappa shape index (κ3) is 2.14. The first-order valence-corrected chi connectivity index (χ1v) is 6.89. The van der Waals surface area contributed by atoms with E-state index in [1.54, 1.807) is 0 Å². The van der Waals surface area contributed by atoms with E-state index in [9.17, 15) is 0 Å². The van der Waals surface area contributed by atoms with Gasteiger partial charge in [-0.25, -0.2) is 0 Å². The van der Waals surface area contributed by atoms with Crippen LogP contribution < -0.4 is 15.4 Å². The highest BCUT2D eigenvalue weighted by Crippen LogP contribution is 2.29. The van der Waals surface area contributed by atoms with Crippen LogP contribution in [0.3, 0.4) is 0 Å². The number of aromatic nitrogens is 2. The molecule has 0 bridgehead atoms. The highest BCUT2D eigenvalue weighted by molar-refractivity contribution is 5.52. The lowest BCUT2D eigenvalue weighted by atomic mass is 10.1. The maximum absolute atomic E-state index is 5.89. The van der Waals surface area contributed by atoms with Gasteiger partial charge in [0.05, 0.1) is 12.2 Å². The quantitative estimate of drug-likeness (QED) is 0.902. The van der Waals surface area contributed by atoms with Crippen LogP contribution in [0.5, 0.6) is 5.75 Å². The molecule has 0 radical (unpaired) electrons. The number of hydrogen-bond donors (Lipinski definition) is 1. The van der Waals surface area contributed by atoms with Crippen LogP contribution in [0.1, 0.15) is 16.8 Å². The summed E-state index contributed by atoms with van der Waals surface area (Å²) < 4.78 is 7.74. The van der Waals surface area contributed by atoms with Crippen molar-refractivity contribution in [2.45, 2.75) is 20.0 Å². The van der Waals surface area contributed by atoms with Crippen LogP contribution in [0, 0.1) is 6.92 Å². The van der Waals surface area contributed by atoms with Gasteiger partial charge in [-0.05, 0) is 13.0 Å². The van der Waals surface area contributed by atoms with Crippen molar-refractivity contribution in [1.29, 1.82) is 0 Å². The summed E-state index contributed by atoms with van der Waals surface area (Å²) in [4.78, 5) is 2.30. The Morgan fingerprint density at radius 2 is 2.15 bits per heavy atom. The molecule has 106 valence electrons. The standard InChI is InChI=1S/C15H20N4O/c1-11-13(9-16)15(18(2)17-11)19-7-8-20-14-6-4-3-5-12(14)10-19/h3-6H,7-10,16H2,1-2H3. The van der Waals surface area contributed by atoms with Gasteiger partial charge in [0.2, 0.25) is 0 Å². The Bertz CT molecular complexity index is 620. The van der Waals surface area contributed by atoms with Crippen molar-refractivity contribution in [1.82, 2.24) is 9.78 Å². The number of fused-ring (bicyclic) bond motifs is 1. The van der Waals surface area contributed by atoms with Gasteiger partial charge in [-0.3, -0.25) is 4.68 Å². The molecule has 0 amide bonds. The molecular weight excluding hydrogens is 252 g/mol. The number of rotatable bonds is 2. The molecule has 0 atom stereocenters. The van der Waals surface area contributed by atoms with Gasteiger partial charge in [0, 0.05) is 31.3 Å². The van der Waals surface area contributed by atoms with Gasteiger partial charge in [-0.15, -0.1) is 0 Å². The van der Waals surface area contributed by atoms with Crippen LogP contribution >= 0.6 is 0 Å². The molecule has 5 nitrogen and oxygen atoms in total. The normalized spacial score (nSPS) is 14.7. The van der Waals surface area contributed by atoms with Gasteiger partial charge in [-0.2, -0.15) is 5.10 Å². The highest BCUT2D eigenvalue weighted by Gasteiger charge is 2.21. The van der Waals surface area contributed by atoms with E-state index < -0.39 is 0 Å².